The SMILES string of the molecule is CCC1CCCN(C(c2ccc(Br)cc2)C(N)CC)C1. The van der Waals surface area contributed by atoms with Crippen LogP contribution in [0.5, 0.6) is 0 Å². The van der Waals surface area contributed by atoms with Crippen LogP contribution in [0, 0.1) is 5.92 Å². The zero-order valence-corrected chi connectivity index (χ0v) is 14.3. The Bertz CT molecular complexity index is 404. The zero-order valence-electron chi connectivity index (χ0n) is 12.7. The van der Waals surface area contributed by atoms with E-state index in [1.54, 1.807) is 0 Å². The summed E-state index contributed by atoms with van der Waals surface area (Å²) in [5, 5.41) is 0. The van der Waals surface area contributed by atoms with Gasteiger partial charge in [0.15, 0.2) is 0 Å². The summed E-state index contributed by atoms with van der Waals surface area (Å²) in [5.74, 6) is 0.839. The van der Waals surface area contributed by atoms with Crippen LogP contribution in [0.2, 0.25) is 0 Å². The van der Waals surface area contributed by atoms with E-state index < -0.39 is 0 Å². The predicted octanol–water partition coefficient (Wildman–Crippen LogP) is 4.35. The molecule has 1 saturated heterocycles. The lowest BCUT2D eigenvalue weighted by Crippen LogP contribution is -2.45. The third kappa shape index (κ3) is 3.84. The van der Waals surface area contributed by atoms with Crippen LogP contribution in [0.4, 0.5) is 0 Å². The van der Waals surface area contributed by atoms with Crippen molar-refractivity contribution < 1.29 is 0 Å². The molecule has 1 aromatic carbocycles. The fourth-order valence-corrected chi connectivity index (χ4v) is 3.56. The van der Waals surface area contributed by atoms with Crippen LogP contribution in [-0.2, 0) is 0 Å². The van der Waals surface area contributed by atoms with Crippen molar-refractivity contribution in [2.75, 3.05) is 13.1 Å². The van der Waals surface area contributed by atoms with E-state index in [0.717, 1.165) is 16.8 Å². The van der Waals surface area contributed by atoms with Crippen LogP contribution in [0.25, 0.3) is 0 Å². The smallest absolute Gasteiger partial charge is 0.0499 e. The van der Waals surface area contributed by atoms with Crippen LogP contribution in [0.15, 0.2) is 28.7 Å². The third-order valence-corrected chi connectivity index (χ3v) is 5.14. The van der Waals surface area contributed by atoms with E-state index >= 15 is 0 Å². The Morgan fingerprint density at radius 1 is 1.30 bits per heavy atom. The molecule has 1 aliphatic heterocycles. The quantitative estimate of drug-likeness (QED) is 0.864. The van der Waals surface area contributed by atoms with Crippen molar-refractivity contribution in [3.8, 4) is 0 Å². The van der Waals surface area contributed by atoms with Gasteiger partial charge in [-0.05, 0) is 49.4 Å². The number of piperidine rings is 1. The summed E-state index contributed by atoms with van der Waals surface area (Å²) < 4.78 is 1.13. The molecule has 3 atom stereocenters. The second kappa shape index (κ2) is 7.58. The molecule has 1 heterocycles. The Morgan fingerprint density at radius 3 is 2.60 bits per heavy atom. The molecule has 112 valence electrons. The van der Waals surface area contributed by atoms with E-state index in [1.807, 2.05) is 0 Å². The summed E-state index contributed by atoms with van der Waals surface area (Å²) in [6, 6.07) is 9.28. The van der Waals surface area contributed by atoms with Gasteiger partial charge in [0.2, 0.25) is 0 Å². The Hall–Kier alpha value is -0.380. The molecule has 2 rings (SSSR count). The van der Waals surface area contributed by atoms with Gasteiger partial charge in [-0.3, -0.25) is 4.90 Å². The average Bonchev–Trinajstić information content (AvgIpc) is 2.49. The Morgan fingerprint density at radius 2 is 2.00 bits per heavy atom. The molecule has 0 spiro atoms. The number of halogens is 1. The van der Waals surface area contributed by atoms with Crippen molar-refractivity contribution in [3.63, 3.8) is 0 Å². The van der Waals surface area contributed by atoms with E-state index in [4.69, 9.17) is 5.73 Å². The summed E-state index contributed by atoms with van der Waals surface area (Å²) in [5.41, 5.74) is 7.81. The van der Waals surface area contributed by atoms with Gasteiger partial charge in [-0.25, -0.2) is 0 Å². The van der Waals surface area contributed by atoms with Gasteiger partial charge in [0, 0.05) is 23.1 Å². The number of benzene rings is 1. The normalized spacial score (nSPS) is 23.5. The Kier molecular flexibility index (Phi) is 6.06. The molecular weight excluding hydrogens is 312 g/mol. The summed E-state index contributed by atoms with van der Waals surface area (Å²) in [4.78, 5) is 2.62. The van der Waals surface area contributed by atoms with E-state index in [9.17, 15) is 0 Å². The van der Waals surface area contributed by atoms with Crippen molar-refractivity contribution in [3.05, 3.63) is 34.3 Å². The first-order valence-electron chi connectivity index (χ1n) is 7.90. The molecule has 3 heteroatoms. The molecule has 0 aromatic heterocycles. The number of rotatable bonds is 5. The highest BCUT2D eigenvalue weighted by Crippen LogP contribution is 2.31. The van der Waals surface area contributed by atoms with Gasteiger partial charge in [-0.15, -0.1) is 0 Å². The van der Waals surface area contributed by atoms with E-state index in [1.165, 1.54) is 37.9 Å². The Labute approximate surface area is 131 Å². The van der Waals surface area contributed by atoms with Crippen LogP contribution in [-0.4, -0.2) is 24.0 Å². The lowest BCUT2D eigenvalue weighted by atomic mass is 9.90. The number of nitrogens with two attached hydrogens (primary N) is 1. The fraction of sp³-hybridized carbons (Fsp3) is 0.647. The largest absolute Gasteiger partial charge is 0.326 e. The van der Waals surface area contributed by atoms with Crippen LogP contribution in [0.1, 0.15) is 51.1 Å². The summed E-state index contributed by atoms with van der Waals surface area (Å²) >= 11 is 3.52. The maximum atomic E-state index is 6.45. The number of nitrogens with zero attached hydrogens (tertiary/aromatic N) is 1. The van der Waals surface area contributed by atoms with Crippen LogP contribution < -0.4 is 5.73 Å². The molecule has 0 amide bonds. The van der Waals surface area contributed by atoms with Gasteiger partial charge in [-0.2, -0.15) is 0 Å². The van der Waals surface area contributed by atoms with E-state index in [2.05, 4.69) is 58.9 Å². The number of likely N-dealkylation sites (tertiary alicyclic amines) is 1. The van der Waals surface area contributed by atoms with Crippen molar-refractivity contribution in [1.29, 1.82) is 0 Å². The zero-order chi connectivity index (χ0) is 14.5. The maximum Gasteiger partial charge on any atom is 0.0499 e. The summed E-state index contributed by atoms with van der Waals surface area (Å²) in [7, 11) is 0. The van der Waals surface area contributed by atoms with Gasteiger partial charge >= 0.3 is 0 Å². The highest BCUT2D eigenvalue weighted by atomic mass is 79.9. The summed E-state index contributed by atoms with van der Waals surface area (Å²) in [6.07, 6.45) is 4.99. The molecular formula is C17H27BrN2. The van der Waals surface area contributed by atoms with Crippen LogP contribution >= 0.6 is 15.9 Å². The van der Waals surface area contributed by atoms with Crippen molar-refractivity contribution >= 4 is 15.9 Å². The number of hydrogen-bond donors (Lipinski definition) is 1. The van der Waals surface area contributed by atoms with E-state index in [0.29, 0.717) is 6.04 Å². The maximum absolute atomic E-state index is 6.45. The first-order chi connectivity index (χ1) is 9.65. The molecule has 0 saturated carbocycles. The molecule has 2 N–H and O–H groups in total. The van der Waals surface area contributed by atoms with Crippen LogP contribution in [0.3, 0.4) is 0 Å². The standard InChI is InChI=1S/C17H27BrN2/c1-3-13-6-5-11-20(12-13)17(16(19)4-2)14-7-9-15(18)10-8-14/h7-10,13,16-17H,3-6,11-12,19H2,1-2H3. The van der Waals surface area contributed by atoms with Gasteiger partial charge in [-0.1, -0.05) is 48.3 Å². The molecule has 0 radical (unpaired) electrons. The third-order valence-electron chi connectivity index (χ3n) is 4.61. The minimum absolute atomic E-state index is 0.215. The fourth-order valence-electron chi connectivity index (χ4n) is 3.30. The van der Waals surface area contributed by atoms with Gasteiger partial charge in [0.25, 0.3) is 0 Å². The van der Waals surface area contributed by atoms with Crippen molar-refractivity contribution in [2.45, 2.75) is 51.6 Å². The molecule has 2 nitrogen and oxygen atoms in total. The highest BCUT2D eigenvalue weighted by molar-refractivity contribution is 9.10. The van der Waals surface area contributed by atoms with Gasteiger partial charge in [0.05, 0.1) is 0 Å². The predicted molar refractivity (Wildman–Crippen MR) is 89.7 cm³/mol. The second-order valence-corrected chi connectivity index (χ2v) is 6.90. The Balaban J connectivity index is 2.20. The minimum atomic E-state index is 0.215. The van der Waals surface area contributed by atoms with Crippen molar-refractivity contribution in [1.82, 2.24) is 4.90 Å². The average molecular weight is 339 g/mol. The van der Waals surface area contributed by atoms with Gasteiger partial charge < -0.3 is 5.73 Å². The summed E-state index contributed by atoms with van der Waals surface area (Å²) in [6.45, 7) is 6.89. The lowest BCUT2D eigenvalue weighted by molar-refractivity contribution is 0.104. The molecule has 0 aliphatic carbocycles. The first kappa shape index (κ1) is 16.0. The molecule has 0 bridgehead atoms. The van der Waals surface area contributed by atoms with Gasteiger partial charge in [0.1, 0.15) is 0 Å². The number of hydrogen-bond acceptors (Lipinski definition) is 2. The molecule has 3 unspecified atom stereocenters. The molecule has 1 fully saturated rings. The molecule has 1 aromatic rings. The first-order valence-corrected chi connectivity index (χ1v) is 8.70. The monoisotopic (exact) mass is 338 g/mol. The topological polar surface area (TPSA) is 29.3 Å². The second-order valence-electron chi connectivity index (χ2n) is 5.98. The van der Waals surface area contributed by atoms with E-state index in [-0.39, 0.29) is 6.04 Å². The highest BCUT2D eigenvalue weighted by Gasteiger charge is 2.29. The minimum Gasteiger partial charge on any atom is -0.326 e. The lowest BCUT2D eigenvalue weighted by Gasteiger charge is -2.41. The van der Waals surface area contributed by atoms with Crippen molar-refractivity contribution in [2.24, 2.45) is 11.7 Å². The molecule has 1 aliphatic rings. The molecule has 20 heavy (non-hydrogen) atoms.